The lowest BCUT2D eigenvalue weighted by molar-refractivity contribution is -0.141. The van der Waals surface area contributed by atoms with Crippen molar-refractivity contribution in [1.82, 2.24) is 19.4 Å². The number of hydrogen-bond donors (Lipinski definition) is 1. The van der Waals surface area contributed by atoms with Crippen molar-refractivity contribution in [2.45, 2.75) is 24.9 Å². The van der Waals surface area contributed by atoms with Gasteiger partial charge in [0.25, 0.3) is 5.91 Å². The molecule has 3 heterocycles. The second kappa shape index (κ2) is 5.75. The van der Waals surface area contributed by atoms with E-state index in [-0.39, 0.29) is 11.8 Å². The third kappa shape index (κ3) is 3.11. The van der Waals surface area contributed by atoms with Crippen molar-refractivity contribution in [3.63, 3.8) is 0 Å². The van der Waals surface area contributed by atoms with Crippen molar-refractivity contribution in [2.24, 2.45) is 7.05 Å². The molecule has 1 aliphatic heterocycles. The molecule has 1 unspecified atom stereocenters. The zero-order chi connectivity index (χ0) is 16.6. The van der Waals surface area contributed by atoms with Crippen LogP contribution in [0.4, 0.5) is 13.2 Å². The molecule has 2 aromatic rings. The van der Waals surface area contributed by atoms with Crippen LogP contribution < -0.4 is 0 Å². The number of H-pyrrole nitrogens is 1. The quantitative estimate of drug-likeness (QED) is 0.923. The van der Waals surface area contributed by atoms with Gasteiger partial charge in [-0.25, -0.2) is 4.98 Å². The van der Waals surface area contributed by atoms with Crippen molar-refractivity contribution in [1.29, 1.82) is 0 Å². The molecule has 0 saturated carbocycles. The minimum atomic E-state index is -4.45. The van der Waals surface area contributed by atoms with Gasteiger partial charge in [0.15, 0.2) is 5.69 Å². The lowest BCUT2D eigenvalue weighted by Gasteiger charge is -2.32. The lowest BCUT2D eigenvalue weighted by atomic mass is 9.97. The van der Waals surface area contributed by atoms with Crippen LogP contribution in [0.25, 0.3) is 0 Å². The van der Waals surface area contributed by atoms with Crippen LogP contribution in [0.1, 0.15) is 40.8 Å². The maximum absolute atomic E-state index is 12.8. The Morgan fingerprint density at radius 2 is 2.22 bits per heavy atom. The summed E-state index contributed by atoms with van der Waals surface area (Å²) >= 11 is 0. The Hall–Kier alpha value is -2.25. The largest absolute Gasteiger partial charge is 0.434 e. The summed E-state index contributed by atoms with van der Waals surface area (Å²) in [7, 11) is 1.56. The smallest absolute Gasteiger partial charge is 0.357 e. The van der Waals surface area contributed by atoms with E-state index in [1.807, 2.05) is 0 Å². The van der Waals surface area contributed by atoms with Crippen LogP contribution in [0.3, 0.4) is 0 Å². The van der Waals surface area contributed by atoms with Crippen molar-refractivity contribution in [3.05, 3.63) is 41.7 Å². The summed E-state index contributed by atoms with van der Waals surface area (Å²) in [4.78, 5) is 20.7. The Morgan fingerprint density at radius 3 is 2.83 bits per heavy atom. The molecule has 3 rings (SSSR count). The fourth-order valence-electron chi connectivity index (χ4n) is 3.00. The highest BCUT2D eigenvalue weighted by Crippen LogP contribution is 2.32. The van der Waals surface area contributed by atoms with E-state index in [1.165, 1.54) is 4.57 Å². The van der Waals surface area contributed by atoms with Gasteiger partial charge in [-0.05, 0) is 25.0 Å². The minimum Gasteiger partial charge on any atom is -0.357 e. The molecule has 0 radical (unpaired) electrons. The van der Waals surface area contributed by atoms with Crippen LogP contribution in [-0.2, 0) is 13.2 Å². The van der Waals surface area contributed by atoms with Crippen LogP contribution in [0.2, 0.25) is 0 Å². The molecule has 0 aliphatic carbocycles. The molecule has 1 fully saturated rings. The summed E-state index contributed by atoms with van der Waals surface area (Å²) in [6.45, 7) is 0.977. The predicted octanol–water partition coefficient (Wildman–Crippen LogP) is 2.79. The number of halogens is 3. The first-order valence-electron chi connectivity index (χ1n) is 7.39. The number of aromatic amines is 1. The number of hydrogen-bond acceptors (Lipinski definition) is 2. The molecule has 1 atom stereocenters. The molecular weight excluding hydrogens is 309 g/mol. The zero-order valence-electron chi connectivity index (χ0n) is 12.6. The summed E-state index contributed by atoms with van der Waals surface area (Å²) in [5.41, 5.74) is -0.399. The van der Waals surface area contributed by atoms with E-state index in [2.05, 4.69) is 9.97 Å². The van der Waals surface area contributed by atoms with Crippen LogP contribution in [0, 0.1) is 0 Å². The molecule has 5 nitrogen and oxygen atoms in total. The number of nitrogens with zero attached hydrogens (tertiary/aromatic N) is 3. The Bertz CT molecular complexity index is 690. The van der Waals surface area contributed by atoms with E-state index in [0.717, 1.165) is 19.0 Å². The Labute approximate surface area is 131 Å². The van der Waals surface area contributed by atoms with Gasteiger partial charge in [-0.15, -0.1) is 0 Å². The van der Waals surface area contributed by atoms with E-state index < -0.39 is 11.9 Å². The number of alkyl halides is 3. The summed E-state index contributed by atoms with van der Waals surface area (Å²) in [6, 6.07) is 3.43. The third-order valence-electron chi connectivity index (χ3n) is 4.10. The Morgan fingerprint density at radius 1 is 1.43 bits per heavy atom. The molecule has 2 aromatic heterocycles. The molecule has 0 spiro atoms. The number of carbonyl (C=O) groups is 1. The van der Waals surface area contributed by atoms with Crippen LogP contribution in [0.15, 0.2) is 24.5 Å². The molecule has 0 aromatic carbocycles. The molecule has 8 heteroatoms. The molecule has 23 heavy (non-hydrogen) atoms. The number of piperidine rings is 1. The van der Waals surface area contributed by atoms with Crippen molar-refractivity contribution < 1.29 is 18.0 Å². The van der Waals surface area contributed by atoms with Gasteiger partial charge in [0.1, 0.15) is 11.5 Å². The number of likely N-dealkylation sites (tertiary alicyclic amines) is 1. The maximum Gasteiger partial charge on any atom is 0.434 e. The number of rotatable bonds is 2. The third-order valence-corrected chi connectivity index (χ3v) is 4.10. The highest BCUT2D eigenvalue weighted by Gasteiger charge is 2.36. The summed E-state index contributed by atoms with van der Waals surface area (Å²) in [6.07, 6.45) is -0.323. The Kier molecular flexibility index (Phi) is 3.91. The number of aromatic nitrogens is 3. The number of aryl methyl sites for hydroxylation is 1. The SMILES string of the molecule is Cn1cc(C(F)(F)F)nc1C1CCCN(C(=O)c2ccc[nH]2)C1. The molecule has 0 bridgehead atoms. The Balaban J connectivity index is 1.79. The standard InChI is InChI=1S/C15H17F3N4O/c1-21-9-12(15(16,17)18)20-13(21)10-4-3-7-22(8-10)14(23)11-5-2-6-19-11/h2,5-6,9-10,19H,3-4,7-8H2,1H3. The van der Waals surface area contributed by atoms with Gasteiger partial charge in [-0.3, -0.25) is 4.79 Å². The number of imidazole rings is 1. The van der Waals surface area contributed by atoms with Crippen LogP contribution >= 0.6 is 0 Å². The van der Waals surface area contributed by atoms with Crippen molar-refractivity contribution in [2.75, 3.05) is 13.1 Å². The van der Waals surface area contributed by atoms with Gasteiger partial charge in [0.2, 0.25) is 0 Å². The maximum atomic E-state index is 12.8. The predicted molar refractivity (Wildman–Crippen MR) is 76.9 cm³/mol. The fourth-order valence-corrected chi connectivity index (χ4v) is 3.00. The molecular formula is C15H17F3N4O. The lowest BCUT2D eigenvalue weighted by Crippen LogP contribution is -2.39. The number of carbonyl (C=O) groups excluding carboxylic acids is 1. The van der Waals surface area contributed by atoms with Crippen molar-refractivity contribution in [3.8, 4) is 0 Å². The van der Waals surface area contributed by atoms with Gasteiger partial charge in [-0.2, -0.15) is 13.2 Å². The normalized spacial score (nSPS) is 19.1. The number of amides is 1. The second-order valence-corrected chi connectivity index (χ2v) is 5.77. The van der Waals surface area contributed by atoms with Crippen LogP contribution in [0.5, 0.6) is 0 Å². The van der Waals surface area contributed by atoms with E-state index >= 15 is 0 Å². The minimum absolute atomic E-state index is 0.134. The molecule has 1 amide bonds. The summed E-state index contributed by atoms with van der Waals surface area (Å²) in [5.74, 6) is 0.0510. The summed E-state index contributed by atoms with van der Waals surface area (Å²) < 4.78 is 39.8. The first-order valence-corrected chi connectivity index (χ1v) is 7.39. The molecule has 1 N–H and O–H groups in total. The average Bonchev–Trinajstić information content (AvgIpc) is 3.15. The van der Waals surface area contributed by atoms with Crippen LogP contribution in [-0.4, -0.2) is 38.4 Å². The van der Waals surface area contributed by atoms with E-state index in [1.54, 1.807) is 30.3 Å². The topological polar surface area (TPSA) is 53.9 Å². The van der Waals surface area contributed by atoms with E-state index in [9.17, 15) is 18.0 Å². The first-order chi connectivity index (χ1) is 10.9. The molecule has 1 aliphatic rings. The monoisotopic (exact) mass is 326 g/mol. The molecule has 124 valence electrons. The van der Waals surface area contributed by atoms with Gasteiger partial charge in [0, 0.05) is 38.4 Å². The first kappa shape index (κ1) is 15.6. The van der Waals surface area contributed by atoms with Gasteiger partial charge in [0.05, 0.1) is 0 Å². The van der Waals surface area contributed by atoms with Gasteiger partial charge >= 0.3 is 6.18 Å². The zero-order valence-corrected chi connectivity index (χ0v) is 12.6. The highest BCUT2D eigenvalue weighted by molar-refractivity contribution is 5.92. The van der Waals surface area contributed by atoms with Gasteiger partial charge < -0.3 is 14.5 Å². The van der Waals surface area contributed by atoms with E-state index in [4.69, 9.17) is 0 Å². The average molecular weight is 326 g/mol. The number of nitrogens with one attached hydrogen (secondary N) is 1. The van der Waals surface area contributed by atoms with E-state index in [0.29, 0.717) is 24.6 Å². The van der Waals surface area contributed by atoms with Crippen molar-refractivity contribution >= 4 is 5.91 Å². The fraction of sp³-hybridized carbons (Fsp3) is 0.467. The highest BCUT2D eigenvalue weighted by atomic mass is 19.4. The molecule has 1 saturated heterocycles. The van der Waals surface area contributed by atoms with Gasteiger partial charge in [-0.1, -0.05) is 0 Å². The second-order valence-electron chi connectivity index (χ2n) is 5.77. The summed E-state index contributed by atoms with van der Waals surface area (Å²) in [5, 5.41) is 0.